The zero-order valence-electron chi connectivity index (χ0n) is 37.2. The predicted octanol–water partition coefficient (Wildman–Crippen LogP) is 13.1. The van der Waals surface area contributed by atoms with E-state index in [2.05, 4.69) is 216 Å². The number of allylic oxidation sites excluding steroid dienone is 4. The van der Waals surface area contributed by atoms with Crippen molar-refractivity contribution in [3.63, 3.8) is 0 Å². The lowest BCUT2D eigenvalue weighted by atomic mass is 9.65. The molecule has 0 radical (unpaired) electrons. The van der Waals surface area contributed by atoms with Crippen molar-refractivity contribution in [1.82, 2.24) is 16.0 Å². The van der Waals surface area contributed by atoms with Crippen molar-refractivity contribution in [3.05, 3.63) is 280 Å². The third-order valence-corrected chi connectivity index (χ3v) is 15.2. The van der Waals surface area contributed by atoms with Crippen molar-refractivity contribution >= 4 is 34.8 Å². The smallest absolute Gasteiger partial charge is 0.169 e. The van der Waals surface area contributed by atoms with Crippen LogP contribution < -0.4 is 16.0 Å². The quantitative estimate of drug-likeness (QED) is 0.149. The fourth-order valence-corrected chi connectivity index (χ4v) is 12.2. The average molecular weight is 895 g/mol. The molecule has 4 atom stereocenters. The minimum atomic E-state index is -0.455. The molecular formula is C61H46N6S. The lowest BCUT2D eigenvalue weighted by Crippen LogP contribution is -2.45. The molecule has 0 fully saturated rings. The van der Waals surface area contributed by atoms with Crippen LogP contribution >= 0.6 is 11.8 Å². The summed E-state index contributed by atoms with van der Waals surface area (Å²) < 4.78 is 0. The van der Waals surface area contributed by atoms with Crippen LogP contribution in [0.4, 0.5) is 0 Å². The molecule has 0 saturated carbocycles. The molecule has 6 nitrogen and oxygen atoms in total. The summed E-state index contributed by atoms with van der Waals surface area (Å²) in [6.45, 7) is 0. The molecule has 3 aliphatic heterocycles. The van der Waals surface area contributed by atoms with Crippen molar-refractivity contribution in [2.45, 2.75) is 46.5 Å². The van der Waals surface area contributed by atoms with Crippen LogP contribution in [0, 0.1) is 0 Å². The van der Waals surface area contributed by atoms with E-state index in [4.69, 9.17) is 15.0 Å². The zero-order chi connectivity index (χ0) is 45.0. The molecule has 2 aliphatic carbocycles. The maximum absolute atomic E-state index is 5.48. The van der Waals surface area contributed by atoms with Crippen LogP contribution in [0.3, 0.4) is 0 Å². The Bertz CT molecular complexity index is 3410. The van der Waals surface area contributed by atoms with Crippen LogP contribution in [0.1, 0.15) is 87.0 Å². The number of rotatable bonds is 7. The van der Waals surface area contributed by atoms with Gasteiger partial charge in [-0.15, -0.1) is 0 Å². The van der Waals surface area contributed by atoms with Crippen LogP contribution in [-0.2, 0) is 5.41 Å². The van der Waals surface area contributed by atoms with Gasteiger partial charge in [0.15, 0.2) is 6.17 Å². The van der Waals surface area contributed by atoms with Gasteiger partial charge in [-0.1, -0.05) is 206 Å². The summed E-state index contributed by atoms with van der Waals surface area (Å²) in [4.78, 5) is 18.7. The first-order valence-corrected chi connectivity index (χ1v) is 24.3. The molecule has 0 aromatic heterocycles. The second kappa shape index (κ2) is 16.8. The molecule has 326 valence electrons. The summed E-state index contributed by atoms with van der Waals surface area (Å²) >= 11 is 1.89. The van der Waals surface area contributed by atoms with Crippen molar-refractivity contribution in [2.24, 2.45) is 15.0 Å². The number of hydrogen-bond acceptors (Lipinski definition) is 7. The summed E-state index contributed by atoms with van der Waals surface area (Å²) in [6.07, 6.45) is 5.84. The van der Waals surface area contributed by atoms with Crippen molar-refractivity contribution in [2.75, 3.05) is 0 Å². The summed E-state index contributed by atoms with van der Waals surface area (Å²) in [5, 5.41) is 11.4. The maximum Gasteiger partial charge on any atom is 0.169 e. The van der Waals surface area contributed by atoms with Gasteiger partial charge in [-0.3, -0.25) is 5.32 Å². The molecule has 3 heterocycles. The lowest BCUT2D eigenvalue weighted by molar-refractivity contribution is 0.409. The Hall–Kier alpha value is -7.84. The highest BCUT2D eigenvalue weighted by Crippen LogP contribution is 2.63. The average Bonchev–Trinajstić information content (AvgIpc) is 3.71. The summed E-state index contributed by atoms with van der Waals surface area (Å²) in [5.74, 6) is 2.37. The number of benzene rings is 8. The second-order valence-electron chi connectivity index (χ2n) is 17.9. The Morgan fingerprint density at radius 2 is 1.09 bits per heavy atom. The fraction of sp³-hybridized carbons (Fsp3) is 0.0984. The first kappa shape index (κ1) is 40.4. The van der Waals surface area contributed by atoms with E-state index in [0.717, 1.165) is 69.3 Å². The van der Waals surface area contributed by atoms with E-state index in [1.54, 1.807) is 0 Å². The number of hydrogen-bond donors (Lipinski definition) is 3. The monoisotopic (exact) mass is 894 g/mol. The number of nitrogens with one attached hydrogen (secondary N) is 3. The van der Waals surface area contributed by atoms with Crippen LogP contribution in [0.2, 0.25) is 0 Å². The molecule has 0 bridgehead atoms. The third-order valence-electron chi connectivity index (χ3n) is 13.9. The predicted molar refractivity (Wildman–Crippen MR) is 277 cm³/mol. The molecule has 0 amide bonds. The minimum absolute atomic E-state index is 0.199. The van der Waals surface area contributed by atoms with Crippen LogP contribution in [0.25, 0.3) is 16.7 Å². The second-order valence-corrected chi connectivity index (χ2v) is 18.9. The highest BCUT2D eigenvalue weighted by atomic mass is 32.2. The van der Waals surface area contributed by atoms with Crippen LogP contribution in [0.5, 0.6) is 0 Å². The van der Waals surface area contributed by atoms with Crippen molar-refractivity contribution in [1.29, 1.82) is 0 Å². The van der Waals surface area contributed by atoms with E-state index < -0.39 is 17.7 Å². The standard InChI is InChI=1S/C61H46N6S/c1-5-20-39(21-6-1)55-62-56(40-22-7-2-8-23-40)65-59(64-55)44-36-43(37-45(38-44)60-66-57(41-24-9-3-10-25-41)63-58(67-60)42-26-11-4-12-27-42)46-30-19-34-52-54(46)68-53-35-18-17-33-51(53)61(52)49-31-15-13-28-47(49)48-29-14-16-32-50(48)61/h1-13,15-28,30-38,55,57,59,64H,14,29H2,(H,62,65)(H,63,66,67). The van der Waals surface area contributed by atoms with Gasteiger partial charge in [-0.25, -0.2) is 15.0 Å². The molecule has 7 heteroatoms. The van der Waals surface area contributed by atoms with Gasteiger partial charge >= 0.3 is 0 Å². The van der Waals surface area contributed by atoms with Crippen LogP contribution in [-0.4, -0.2) is 17.5 Å². The van der Waals surface area contributed by atoms with Crippen molar-refractivity contribution < 1.29 is 0 Å². The van der Waals surface area contributed by atoms with Gasteiger partial charge < -0.3 is 10.6 Å². The molecular weight excluding hydrogens is 849 g/mol. The first-order chi connectivity index (χ1) is 33.7. The van der Waals surface area contributed by atoms with E-state index in [1.807, 2.05) is 30.0 Å². The molecule has 4 unspecified atom stereocenters. The van der Waals surface area contributed by atoms with E-state index >= 15 is 0 Å². The Morgan fingerprint density at radius 1 is 0.485 bits per heavy atom. The van der Waals surface area contributed by atoms with Gasteiger partial charge in [-0.05, 0) is 98.3 Å². The normalized spacial score (nSPS) is 21.0. The lowest BCUT2D eigenvalue weighted by Gasteiger charge is -2.41. The fourth-order valence-electron chi connectivity index (χ4n) is 10.9. The topological polar surface area (TPSA) is 73.2 Å². The maximum atomic E-state index is 5.48. The van der Waals surface area contributed by atoms with E-state index in [9.17, 15) is 0 Å². The molecule has 3 N–H and O–H groups in total. The zero-order valence-corrected chi connectivity index (χ0v) is 38.0. The molecule has 0 saturated heterocycles. The van der Waals surface area contributed by atoms with Crippen LogP contribution in [0.15, 0.2) is 249 Å². The Morgan fingerprint density at radius 3 is 1.85 bits per heavy atom. The molecule has 13 rings (SSSR count). The molecule has 1 spiro atoms. The van der Waals surface area contributed by atoms with E-state index in [1.165, 1.54) is 48.8 Å². The number of amidine groups is 3. The third kappa shape index (κ3) is 6.80. The van der Waals surface area contributed by atoms with Gasteiger partial charge in [0, 0.05) is 26.5 Å². The summed E-state index contributed by atoms with van der Waals surface area (Å²) in [7, 11) is 0. The van der Waals surface area contributed by atoms with Gasteiger partial charge in [0.2, 0.25) is 0 Å². The SMILES string of the molecule is C1=CC2=C(CC1)c1ccccc1C21c2ccccc2Sc2c(-c3cc(C4=NC(c5ccccc5)N=C(c5ccccc5)N4)cc(C4N=C(c5ccccc5)NC(c5ccccc5)N4)c3)cccc21. The molecule has 8 aromatic carbocycles. The Kier molecular flexibility index (Phi) is 9.99. The van der Waals surface area contributed by atoms with Gasteiger partial charge in [0.25, 0.3) is 0 Å². The van der Waals surface area contributed by atoms with Gasteiger partial charge in [-0.2, -0.15) is 0 Å². The highest BCUT2D eigenvalue weighted by Gasteiger charge is 2.51. The van der Waals surface area contributed by atoms with Gasteiger partial charge in [0.05, 0.1) is 5.41 Å². The van der Waals surface area contributed by atoms with E-state index in [0.29, 0.717) is 0 Å². The molecule has 68 heavy (non-hydrogen) atoms. The number of nitrogens with zero attached hydrogens (tertiary/aromatic N) is 3. The number of fused-ring (bicyclic) bond motifs is 8. The molecule has 5 aliphatic rings. The summed E-state index contributed by atoms with van der Waals surface area (Å²) in [5.41, 5.74) is 16.2. The first-order valence-electron chi connectivity index (χ1n) is 23.5. The summed E-state index contributed by atoms with van der Waals surface area (Å²) in [6, 6.07) is 73.9. The highest BCUT2D eigenvalue weighted by molar-refractivity contribution is 7.99. The minimum Gasteiger partial charge on any atom is -0.350 e. The largest absolute Gasteiger partial charge is 0.350 e. The Balaban J connectivity index is 1.04. The molecule has 8 aromatic rings. The van der Waals surface area contributed by atoms with E-state index in [-0.39, 0.29) is 6.17 Å². The Labute approximate surface area is 401 Å². The van der Waals surface area contributed by atoms with Gasteiger partial charge in [0.1, 0.15) is 29.8 Å². The van der Waals surface area contributed by atoms with Crippen molar-refractivity contribution in [3.8, 4) is 11.1 Å². The number of aliphatic imine (C=N–C) groups is 3.